The fourth-order valence-corrected chi connectivity index (χ4v) is 1.81. The van der Waals surface area contributed by atoms with Gasteiger partial charge in [-0.1, -0.05) is 19.1 Å². The summed E-state index contributed by atoms with van der Waals surface area (Å²) < 4.78 is 5.37. The lowest BCUT2D eigenvalue weighted by atomic mass is 9.99. The lowest BCUT2D eigenvalue weighted by Gasteiger charge is -2.35. The lowest BCUT2D eigenvalue weighted by molar-refractivity contribution is 0.143. The predicted octanol–water partition coefficient (Wildman–Crippen LogP) is 2.77. The maximum absolute atomic E-state index is 5.68. The van der Waals surface area contributed by atoms with E-state index in [0.717, 1.165) is 24.3 Å². The topological polar surface area (TPSA) is 38.5 Å². The molecule has 0 fully saturated rings. The molecule has 0 amide bonds. The second-order valence-electron chi connectivity index (χ2n) is 5.37. The molecule has 0 aliphatic carbocycles. The highest BCUT2D eigenvalue weighted by Crippen LogP contribution is 2.23. The van der Waals surface area contributed by atoms with Gasteiger partial charge in [0.05, 0.1) is 7.11 Å². The summed E-state index contributed by atoms with van der Waals surface area (Å²) in [6, 6.07) is 6.28. The van der Waals surface area contributed by atoms with Crippen LogP contribution < -0.4 is 10.5 Å². The number of hydrogen-bond acceptors (Lipinski definition) is 3. The summed E-state index contributed by atoms with van der Waals surface area (Å²) in [6.07, 6.45) is 1.13. The van der Waals surface area contributed by atoms with Gasteiger partial charge in [0.2, 0.25) is 0 Å². The van der Waals surface area contributed by atoms with Crippen LogP contribution in [0.25, 0.3) is 0 Å². The Morgan fingerprint density at radius 1 is 1.33 bits per heavy atom. The van der Waals surface area contributed by atoms with E-state index in [0.29, 0.717) is 6.54 Å². The van der Waals surface area contributed by atoms with Gasteiger partial charge in [0.1, 0.15) is 5.75 Å². The first-order valence-corrected chi connectivity index (χ1v) is 6.51. The van der Waals surface area contributed by atoms with Crippen LogP contribution in [0.15, 0.2) is 18.2 Å². The van der Waals surface area contributed by atoms with Crippen molar-refractivity contribution in [2.24, 2.45) is 5.73 Å². The van der Waals surface area contributed by atoms with Gasteiger partial charge in [-0.25, -0.2) is 0 Å². The number of hydrogen-bond donors (Lipinski definition) is 1. The fraction of sp³-hybridized carbons (Fsp3) is 0.600. The van der Waals surface area contributed by atoms with Gasteiger partial charge in [-0.05, 0) is 38.9 Å². The first kappa shape index (κ1) is 15.0. The number of rotatable bonds is 6. The van der Waals surface area contributed by atoms with Crippen molar-refractivity contribution in [2.45, 2.75) is 45.8 Å². The molecule has 1 rings (SSSR count). The second kappa shape index (κ2) is 6.21. The Hall–Kier alpha value is -1.06. The van der Waals surface area contributed by atoms with Crippen molar-refractivity contribution in [2.75, 3.05) is 14.2 Å². The van der Waals surface area contributed by atoms with Crippen molar-refractivity contribution in [3.8, 4) is 5.75 Å². The minimum Gasteiger partial charge on any atom is -0.496 e. The number of methoxy groups -OCH3 is 1. The Labute approximate surface area is 111 Å². The van der Waals surface area contributed by atoms with E-state index in [1.807, 2.05) is 0 Å². The molecule has 0 unspecified atom stereocenters. The Morgan fingerprint density at radius 2 is 2.00 bits per heavy atom. The van der Waals surface area contributed by atoms with E-state index in [9.17, 15) is 0 Å². The van der Waals surface area contributed by atoms with E-state index in [1.54, 1.807) is 7.11 Å². The van der Waals surface area contributed by atoms with E-state index in [2.05, 4.69) is 50.9 Å². The van der Waals surface area contributed by atoms with Crippen molar-refractivity contribution >= 4 is 0 Å². The van der Waals surface area contributed by atoms with E-state index in [1.165, 1.54) is 5.56 Å². The Kier molecular flexibility index (Phi) is 5.17. The third kappa shape index (κ3) is 3.47. The molecular weight excluding hydrogens is 224 g/mol. The summed E-state index contributed by atoms with van der Waals surface area (Å²) >= 11 is 0. The largest absolute Gasteiger partial charge is 0.496 e. The predicted molar refractivity (Wildman–Crippen MR) is 76.7 cm³/mol. The number of nitrogens with two attached hydrogens (primary N) is 1. The molecule has 0 heterocycles. The normalized spacial score (nSPS) is 11.9. The summed E-state index contributed by atoms with van der Waals surface area (Å²) in [4.78, 5) is 2.36. The molecule has 3 nitrogen and oxygen atoms in total. The zero-order valence-corrected chi connectivity index (χ0v) is 12.3. The molecule has 1 aromatic carbocycles. The van der Waals surface area contributed by atoms with Crippen LogP contribution in [0.5, 0.6) is 5.75 Å². The number of benzene rings is 1. The zero-order chi connectivity index (χ0) is 13.8. The lowest BCUT2D eigenvalue weighted by Crippen LogP contribution is -2.39. The summed E-state index contributed by atoms with van der Waals surface area (Å²) in [7, 11) is 3.85. The zero-order valence-electron chi connectivity index (χ0n) is 12.3. The summed E-state index contributed by atoms with van der Waals surface area (Å²) in [5, 5.41) is 0. The first-order valence-electron chi connectivity index (χ1n) is 6.51. The molecule has 18 heavy (non-hydrogen) atoms. The molecule has 0 spiro atoms. The van der Waals surface area contributed by atoms with Crippen LogP contribution in [-0.4, -0.2) is 24.6 Å². The molecule has 1 aromatic rings. The maximum atomic E-state index is 5.68. The van der Waals surface area contributed by atoms with E-state index >= 15 is 0 Å². The summed E-state index contributed by atoms with van der Waals surface area (Å²) in [5.41, 5.74) is 8.20. The molecular formula is C15H26N2O. The molecule has 102 valence electrons. The van der Waals surface area contributed by atoms with E-state index in [-0.39, 0.29) is 5.54 Å². The van der Waals surface area contributed by atoms with E-state index < -0.39 is 0 Å². The van der Waals surface area contributed by atoms with Crippen molar-refractivity contribution in [3.63, 3.8) is 0 Å². The Balaban J connectivity index is 2.86. The minimum absolute atomic E-state index is 0.208. The highest BCUT2D eigenvalue weighted by atomic mass is 16.5. The number of nitrogens with zero attached hydrogens (tertiary/aromatic N) is 1. The van der Waals surface area contributed by atoms with Gasteiger partial charge >= 0.3 is 0 Å². The molecule has 0 aromatic heterocycles. The fourth-order valence-electron chi connectivity index (χ4n) is 1.81. The molecule has 0 atom stereocenters. The monoisotopic (exact) mass is 250 g/mol. The summed E-state index contributed by atoms with van der Waals surface area (Å²) in [6.45, 7) is 8.17. The van der Waals surface area contributed by atoms with Crippen molar-refractivity contribution in [1.29, 1.82) is 0 Å². The third-order valence-corrected chi connectivity index (χ3v) is 3.89. The third-order valence-electron chi connectivity index (χ3n) is 3.89. The smallest absolute Gasteiger partial charge is 0.123 e. The first-order chi connectivity index (χ1) is 8.44. The van der Waals surface area contributed by atoms with Crippen molar-refractivity contribution < 1.29 is 4.74 Å². The molecule has 0 saturated heterocycles. The van der Waals surface area contributed by atoms with Gasteiger partial charge in [0.15, 0.2) is 0 Å². The van der Waals surface area contributed by atoms with Crippen LogP contribution in [-0.2, 0) is 13.1 Å². The highest BCUT2D eigenvalue weighted by molar-refractivity contribution is 5.37. The molecule has 0 bridgehead atoms. The maximum Gasteiger partial charge on any atom is 0.123 e. The average Bonchev–Trinajstić information content (AvgIpc) is 2.38. The van der Waals surface area contributed by atoms with Gasteiger partial charge < -0.3 is 10.5 Å². The average molecular weight is 250 g/mol. The Morgan fingerprint density at radius 3 is 2.50 bits per heavy atom. The SMILES string of the molecule is CCC(C)(C)N(C)Cc1ccc(CN)c(OC)c1. The second-order valence-corrected chi connectivity index (χ2v) is 5.37. The van der Waals surface area contributed by atoms with Crippen LogP contribution in [0.3, 0.4) is 0 Å². The van der Waals surface area contributed by atoms with Gasteiger partial charge in [-0.15, -0.1) is 0 Å². The quantitative estimate of drug-likeness (QED) is 0.843. The standard InChI is InChI=1S/C15H26N2O/c1-6-15(2,3)17(4)11-12-7-8-13(10-16)14(9-12)18-5/h7-9H,6,10-11,16H2,1-5H3. The molecule has 3 heteroatoms. The molecule has 0 aliphatic heterocycles. The Bertz CT molecular complexity index is 388. The van der Waals surface area contributed by atoms with Crippen LogP contribution in [0.2, 0.25) is 0 Å². The van der Waals surface area contributed by atoms with Gasteiger partial charge in [-0.2, -0.15) is 0 Å². The molecule has 0 aliphatic rings. The van der Waals surface area contributed by atoms with Crippen LogP contribution in [0.1, 0.15) is 38.3 Å². The molecule has 0 radical (unpaired) electrons. The van der Waals surface area contributed by atoms with Crippen molar-refractivity contribution in [1.82, 2.24) is 4.90 Å². The minimum atomic E-state index is 0.208. The van der Waals surface area contributed by atoms with Gasteiger partial charge in [0, 0.05) is 24.2 Å². The molecule has 2 N–H and O–H groups in total. The van der Waals surface area contributed by atoms with Crippen LogP contribution in [0.4, 0.5) is 0 Å². The highest BCUT2D eigenvalue weighted by Gasteiger charge is 2.21. The molecule has 0 saturated carbocycles. The van der Waals surface area contributed by atoms with Gasteiger partial charge in [-0.3, -0.25) is 4.90 Å². The van der Waals surface area contributed by atoms with E-state index in [4.69, 9.17) is 10.5 Å². The number of ether oxygens (including phenoxy) is 1. The van der Waals surface area contributed by atoms with Crippen LogP contribution in [0, 0.1) is 0 Å². The van der Waals surface area contributed by atoms with Crippen LogP contribution >= 0.6 is 0 Å². The van der Waals surface area contributed by atoms with Crippen molar-refractivity contribution in [3.05, 3.63) is 29.3 Å². The summed E-state index contributed by atoms with van der Waals surface area (Å²) in [5.74, 6) is 0.887. The van der Waals surface area contributed by atoms with Gasteiger partial charge in [0.25, 0.3) is 0 Å².